The molecule has 0 bridgehead atoms. The molecule has 0 unspecified atom stereocenters. The molecule has 0 spiro atoms. The largest absolute Gasteiger partial charge is 0.370 e. The molecule has 138 valence electrons. The number of hydrogen-bond donors (Lipinski definition) is 0. The van der Waals surface area contributed by atoms with E-state index in [4.69, 9.17) is 0 Å². The van der Waals surface area contributed by atoms with Gasteiger partial charge in [0, 0.05) is 50.5 Å². The van der Waals surface area contributed by atoms with Crippen LogP contribution >= 0.6 is 0 Å². The van der Waals surface area contributed by atoms with E-state index in [1.165, 1.54) is 6.26 Å². The van der Waals surface area contributed by atoms with Crippen LogP contribution in [0.5, 0.6) is 0 Å². The minimum absolute atomic E-state index is 0.00970. The Morgan fingerprint density at radius 1 is 1.04 bits per heavy atom. The lowest BCUT2D eigenvalue weighted by molar-refractivity contribution is 0.0766. The van der Waals surface area contributed by atoms with E-state index >= 15 is 0 Å². The number of nitrogens with zero attached hydrogens (tertiary/aromatic N) is 3. The fourth-order valence-electron chi connectivity index (χ4n) is 3.14. The zero-order valence-corrected chi connectivity index (χ0v) is 15.9. The van der Waals surface area contributed by atoms with Crippen LogP contribution in [0.4, 0.5) is 5.69 Å². The molecule has 0 aliphatic carbocycles. The van der Waals surface area contributed by atoms with Crippen molar-refractivity contribution in [1.29, 1.82) is 0 Å². The molecule has 1 saturated heterocycles. The second kappa shape index (κ2) is 7.45. The van der Waals surface area contributed by atoms with Gasteiger partial charge >= 0.3 is 0 Å². The van der Waals surface area contributed by atoms with Gasteiger partial charge in [0.25, 0.3) is 5.91 Å². The number of hydrogen-bond acceptors (Lipinski definition) is 5. The lowest BCUT2D eigenvalue weighted by Crippen LogP contribution is -2.35. The van der Waals surface area contributed by atoms with Gasteiger partial charge in [-0.1, -0.05) is 0 Å². The van der Waals surface area contributed by atoms with Crippen molar-refractivity contribution >= 4 is 21.4 Å². The van der Waals surface area contributed by atoms with Crippen molar-refractivity contribution < 1.29 is 13.2 Å². The number of pyridine rings is 1. The molecular weight excluding hydrogens is 350 g/mol. The molecule has 2 heterocycles. The molecule has 1 aromatic heterocycles. The van der Waals surface area contributed by atoms with E-state index in [0.29, 0.717) is 30.1 Å². The maximum absolute atomic E-state index is 12.7. The Balaban J connectivity index is 1.69. The summed E-state index contributed by atoms with van der Waals surface area (Å²) in [5, 5.41) is 0. The topological polar surface area (TPSA) is 70.6 Å². The molecule has 7 heteroatoms. The molecule has 1 fully saturated rings. The summed E-state index contributed by atoms with van der Waals surface area (Å²) in [5.74, 6) is 0.00970. The number of anilines is 1. The summed E-state index contributed by atoms with van der Waals surface area (Å²) >= 11 is 0. The SMILES string of the molecule is Cc1cncc(C(=O)N2CCCN(c3ccc(S(C)(=O)=O)cc3)CC2)c1. The molecule has 0 atom stereocenters. The number of amides is 1. The van der Waals surface area contributed by atoms with Crippen LogP contribution in [-0.4, -0.2) is 56.6 Å². The zero-order valence-electron chi connectivity index (χ0n) is 15.1. The predicted octanol–water partition coefficient (Wildman–Crippen LogP) is 2.15. The maximum atomic E-state index is 12.7. The van der Waals surface area contributed by atoms with Crippen molar-refractivity contribution in [2.75, 3.05) is 37.3 Å². The summed E-state index contributed by atoms with van der Waals surface area (Å²) < 4.78 is 23.2. The van der Waals surface area contributed by atoms with Crippen molar-refractivity contribution in [2.45, 2.75) is 18.2 Å². The van der Waals surface area contributed by atoms with E-state index in [1.807, 2.05) is 30.0 Å². The molecule has 0 radical (unpaired) electrons. The normalized spacial score (nSPS) is 15.6. The fourth-order valence-corrected chi connectivity index (χ4v) is 3.77. The highest BCUT2D eigenvalue weighted by Crippen LogP contribution is 2.20. The average molecular weight is 373 g/mol. The van der Waals surface area contributed by atoms with Crippen molar-refractivity contribution in [2.24, 2.45) is 0 Å². The van der Waals surface area contributed by atoms with Crippen molar-refractivity contribution in [3.05, 3.63) is 53.9 Å². The number of aromatic nitrogens is 1. The van der Waals surface area contributed by atoms with Crippen LogP contribution in [0.3, 0.4) is 0 Å². The van der Waals surface area contributed by atoms with Gasteiger partial charge in [0.05, 0.1) is 10.5 Å². The Kier molecular flexibility index (Phi) is 5.27. The van der Waals surface area contributed by atoms with Crippen molar-refractivity contribution in [3.63, 3.8) is 0 Å². The van der Waals surface area contributed by atoms with Gasteiger partial charge in [0.2, 0.25) is 0 Å². The third kappa shape index (κ3) is 4.22. The molecule has 1 aromatic carbocycles. The van der Waals surface area contributed by atoms with Crippen LogP contribution in [0.15, 0.2) is 47.6 Å². The van der Waals surface area contributed by atoms with Gasteiger partial charge in [-0.15, -0.1) is 0 Å². The first-order valence-electron chi connectivity index (χ1n) is 8.60. The van der Waals surface area contributed by atoms with Crippen LogP contribution in [0.1, 0.15) is 22.3 Å². The smallest absolute Gasteiger partial charge is 0.255 e. The van der Waals surface area contributed by atoms with Gasteiger partial charge in [-0.05, 0) is 49.2 Å². The standard InChI is InChI=1S/C19H23N3O3S/c1-15-12-16(14-20-13-15)19(23)22-9-3-8-21(10-11-22)17-4-6-18(7-5-17)26(2,24)25/h4-7,12-14H,3,8-11H2,1-2H3. The maximum Gasteiger partial charge on any atom is 0.255 e. The second-order valence-electron chi connectivity index (χ2n) is 6.65. The zero-order chi connectivity index (χ0) is 18.7. The summed E-state index contributed by atoms with van der Waals surface area (Å²) in [6, 6.07) is 8.80. The van der Waals surface area contributed by atoms with Gasteiger partial charge in [-0.3, -0.25) is 9.78 Å². The fraction of sp³-hybridized carbons (Fsp3) is 0.368. The molecular formula is C19H23N3O3S. The van der Waals surface area contributed by atoms with Crippen molar-refractivity contribution in [1.82, 2.24) is 9.88 Å². The molecule has 0 saturated carbocycles. The number of carbonyl (C=O) groups is 1. The van der Waals surface area contributed by atoms with E-state index in [1.54, 1.807) is 24.5 Å². The monoisotopic (exact) mass is 373 g/mol. The average Bonchev–Trinajstić information content (AvgIpc) is 2.86. The molecule has 26 heavy (non-hydrogen) atoms. The number of benzene rings is 1. The van der Waals surface area contributed by atoms with Crippen LogP contribution in [-0.2, 0) is 9.84 Å². The quantitative estimate of drug-likeness (QED) is 0.824. The van der Waals surface area contributed by atoms with E-state index < -0.39 is 9.84 Å². The van der Waals surface area contributed by atoms with E-state index in [9.17, 15) is 13.2 Å². The summed E-state index contributed by atoms with van der Waals surface area (Å²) in [7, 11) is -3.19. The Labute approximate surface area is 154 Å². The highest BCUT2D eigenvalue weighted by Gasteiger charge is 2.21. The summed E-state index contributed by atoms with van der Waals surface area (Å²) in [5.41, 5.74) is 2.57. The van der Waals surface area contributed by atoms with Gasteiger partial charge in [0.1, 0.15) is 0 Å². The molecule has 3 rings (SSSR count). The summed E-state index contributed by atoms with van der Waals surface area (Å²) in [6.45, 7) is 4.79. The lowest BCUT2D eigenvalue weighted by Gasteiger charge is -2.24. The van der Waals surface area contributed by atoms with Crippen LogP contribution < -0.4 is 4.90 Å². The third-order valence-corrected chi connectivity index (χ3v) is 5.66. The van der Waals surface area contributed by atoms with Gasteiger partial charge in [0.15, 0.2) is 9.84 Å². The third-order valence-electron chi connectivity index (χ3n) is 4.54. The minimum Gasteiger partial charge on any atom is -0.370 e. The number of aryl methyl sites for hydroxylation is 1. The summed E-state index contributed by atoms with van der Waals surface area (Å²) in [6.07, 6.45) is 5.42. The van der Waals surface area contributed by atoms with Gasteiger partial charge < -0.3 is 9.80 Å². The van der Waals surface area contributed by atoms with Crippen LogP contribution in [0, 0.1) is 6.92 Å². The van der Waals surface area contributed by atoms with Crippen molar-refractivity contribution in [3.8, 4) is 0 Å². The molecule has 1 aliphatic heterocycles. The highest BCUT2D eigenvalue weighted by atomic mass is 32.2. The van der Waals surface area contributed by atoms with Gasteiger partial charge in [-0.2, -0.15) is 0 Å². The van der Waals surface area contributed by atoms with E-state index in [-0.39, 0.29) is 5.91 Å². The first kappa shape index (κ1) is 18.4. The molecule has 6 nitrogen and oxygen atoms in total. The molecule has 0 N–H and O–H groups in total. The Hall–Kier alpha value is -2.41. The molecule has 1 amide bonds. The van der Waals surface area contributed by atoms with E-state index in [2.05, 4.69) is 9.88 Å². The number of sulfone groups is 1. The van der Waals surface area contributed by atoms with Crippen LogP contribution in [0.2, 0.25) is 0 Å². The lowest BCUT2D eigenvalue weighted by atomic mass is 10.2. The molecule has 1 aliphatic rings. The van der Waals surface area contributed by atoms with Gasteiger partial charge in [-0.25, -0.2) is 8.42 Å². The predicted molar refractivity (Wildman–Crippen MR) is 101 cm³/mol. The second-order valence-corrected chi connectivity index (χ2v) is 8.67. The number of carbonyl (C=O) groups excluding carboxylic acids is 1. The summed E-state index contributed by atoms with van der Waals surface area (Å²) in [4.78, 5) is 21.2. The first-order chi connectivity index (χ1) is 12.3. The minimum atomic E-state index is -3.19. The Bertz CT molecular complexity index is 895. The van der Waals surface area contributed by atoms with Crippen LogP contribution in [0.25, 0.3) is 0 Å². The molecule has 2 aromatic rings. The Morgan fingerprint density at radius 2 is 1.77 bits per heavy atom. The van der Waals surface area contributed by atoms with E-state index in [0.717, 1.165) is 24.2 Å². The highest BCUT2D eigenvalue weighted by molar-refractivity contribution is 7.90. The Morgan fingerprint density at radius 3 is 2.42 bits per heavy atom. The number of rotatable bonds is 3. The first-order valence-corrected chi connectivity index (χ1v) is 10.5.